The maximum atomic E-state index is 10.9. The lowest BCUT2D eigenvalue weighted by Crippen LogP contribution is -2.23. The zero-order chi connectivity index (χ0) is 12.8. The first kappa shape index (κ1) is 12.9. The van der Waals surface area contributed by atoms with E-state index in [1.54, 1.807) is 38.3 Å². The van der Waals surface area contributed by atoms with Crippen molar-refractivity contribution < 1.29 is 14.6 Å². The lowest BCUT2D eigenvalue weighted by molar-refractivity contribution is -0.138. The Kier molecular flexibility index (Phi) is 4.37. The highest BCUT2D eigenvalue weighted by Crippen LogP contribution is 2.24. The number of ether oxygens (including phenoxy) is 1. The second kappa shape index (κ2) is 5.77. The van der Waals surface area contributed by atoms with Gasteiger partial charge in [0.2, 0.25) is 0 Å². The average molecular weight is 235 g/mol. The third-order valence-corrected chi connectivity index (χ3v) is 2.54. The second-order valence-corrected chi connectivity index (χ2v) is 3.55. The van der Waals surface area contributed by atoms with Crippen LogP contribution in [0.2, 0.25) is 0 Å². The number of carboxylic acids is 1. The number of azide groups is 1. The van der Waals surface area contributed by atoms with Crippen LogP contribution in [0.4, 0.5) is 0 Å². The van der Waals surface area contributed by atoms with E-state index in [2.05, 4.69) is 10.0 Å². The lowest BCUT2D eigenvalue weighted by atomic mass is 9.94. The first-order valence-corrected chi connectivity index (χ1v) is 5.01. The van der Waals surface area contributed by atoms with Gasteiger partial charge in [0.05, 0.1) is 7.11 Å². The number of aliphatic carboxylic acids is 1. The van der Waals surface area contributed by atoms with E-state index in [0.29, 0.717) is 5.75 Å². The Morgan fingerprint density at radius 2 is 2.06 bits per heavy atom. The molecule has 1 N–H and O–H groups in total. The Labute approximate surface area is 98.5 Å². The number of nitrogens with zero attached hydrogens (tertiary/aromatic N) is 3. The zero-order valence-corrected chi connectivity index (χ0v) is 9.57. The third-order valence-electron chi connectivity index (χ3n) is 2.54. The van der Waals surface area contributed by atoms with Crippen LogP contribution in [-0.2, 0) is 4.79 Å². The van der Waals surface area contributed by atoms with Gasteiger partial charge in [0.15, 0.2) is 0 Å². The van der Waals surface area contributed by atoms with Crippen molar-refractivity contribution in [2.45, 2.75) is 18.9 Å². The molecule has 2 atom stereocenters. The van der Waals surface area contributed by atoms with Gasteiger partial charge in [-0.15, -0.1) is 0 Å². The van der Waals surface area contributed by atoms with Crippen molar-refractivity contribution in [1.82, 2.24) is 0 Å². The monoisotopic (exact) mass is 235 g/mol. The quantitative estimate of drug-likeness (QED) is 0.482. The summed E-state index contributed by atoms with van der Waals surface area (Å²) in [5.41, 5.74) is 9.12. The number of rotatable bonds is 5. The van der Waals surface area contributed by atoms with Gasteiger partial charge in [0.1, 0.15) is 11.8 Å². The zero-order valence-electron chi connectivity index (χ0n) is 9.57. The fraction of sp³-hybridized carbons (Fsp3) is 0.364. The minimum Gasteiger partial charge on any atom is -0.497 e. The van der Waals surface area contributed by atoms with Crippen molar-refractivity contribution in [3.8, 4) is 5.75 Å². The van der Waals surface area contributed by atoms with Crippen LogP contribution in [0.15, 0.2) is 29.4 Å². The Morgan fingerprint density at radius 3 is 2.47 bits per heavy atom. The average Bonchev–Trinajstić information content (AvgIpc) is 2.35. The SMILES string of the molecule is COc1ccc([C@H](C)[C@H](N=[N+]=[N-])C(=O)O)cc1. The number of methoxy groups -OCH3 is 1. The third kappa shape index (κ3) is 3.12. The minimum absolute atomic E-state index is 0.394. The van der Waals surface area contributed by atoms with E-state index in [1.165, 1.54) is 0 Å². The van der Waals surface area contributed by atoms with E-state index in [0.717, 1.165) is 5.56 Å². The smallest absolute Gasteiger partial charge is 0.313 e. The first-order valence-electron chi connectivity index (χ1n) is 5.01. The summed E-state index contributed by atoms with van der Waals surface area (Å²) in [5.74, 6) is -0.836. The molecule has 0 amide bonds. The van der Waals surface area contributed by atoms with Crippen molar-refractivity contribution in [1.29, 1.82) is 0 Å². The van der Waals surface area contributed by atoms with E-state index >= 15 is 0 Å². The maximum absolute atomic E-state index is 10.9. The molecule has 0 heterocycles. The largest absolute Gasteiger partial charge is 0.497 e. The Hall–Kier alpha value is -2.20. The van der Waals surface area contributed by atoms with Crippen molar-refractivity contribution in [3.05, 3.63) is 40.3 Å². The van der Waals surface area contributed by atoms with Crippen LogP contribution in [0.5, 0.6) is 5.75 Å². The summed E-state index contributed by atoms with van der Waals surface area (Å²) in [7, 11) is 1.55. The summed E-state index contributed by atoms with van der Waals surface area (Å²) in [6, 6.07) is 5.88. The maximum Gasteiger partial charge on any atom is 0.313 e. The molecule has 0 aromatic heterocycles. The molecule has 0 spiro atoms. The standard InChI is InChI=1S/C11H13N3O3/c1-7(10(11(15)16)13-14-12)8-3-5-9(17-2)6-4-8/h3-7,10H,1-2H3,(H,15,16)/t7-,10-/m0/s1. The van der Waals surface area contributed by atoms with E-state index in [-0.39, 0.29) is 0 Å². The summed E-state index contributed by atoms with van der Waals surface area (Å²) in [4.78, 5) is 13.5. The van der Waals surface area contributed by atoms with Crippen LogP contribution < -0.4 is 4.74 Å². The van der Waals surface area contributed by atoms with Gasteiger partial charge < -0.3 is 9.84 Å². The van der Waals surface area contributed by atoms with Gasteiger partial charge >= 0.3 is 5.97 Å². The number of carbonyl (C=O) groups is 1. The van der Waals surface area contributed by atoms with E-state index < -0.39 is 17.9 Å². The molecule has 0 aliphatic heterocycles. The summed E-state index contributed by atoms with van der Waals surface area (Å²) in [5, 5.41) is 12.2. The Bertz CT molecular complexity index is 436. The van der Waals surface area contributed by atoms with Crippen molar-refractivity contribution in [3.63, 3.8) is 0 Å². The van der Waals surface area contributed by atoms with Crippen LogP contribution in [0.3, 0.4) is 0 Å². The highest BCUT2D eigenvalue weighted by Gasteiger charge is 2.24. The molecule has 0 radical (unpaired) electrons. The fourth-order valence-electron chi connectivity index (χ4n) is 1.51. The molecule has 17 heavy (non-hydrogen) atoms. The van der Waals surface area contributed by atoms with Crippen molar-refractivity contribution in [2.75, 3.05) is 7.11 Å². The first-order chi connectivity index (χ1) is 8.10. The molecule has 1 rings (SSSR count). The highest BCUT2D eigenvalue weighted by atomic mass is 16.5. The topological polar surface area (TPSA) is 95.3 Å². The van der Waals surface area contributed by atoms with Crippen LogP contribution in [-0.4, -0.2) is 24.2 Å². The van der Waals surface area contributed by atoms with Crippen LogP contribution in [0, 0.1) is 0 Å². The Balaban J connectivity index is 2.96. The molecule has 0 aliphatic carbocycles. The number of benzene rings is 1. The van der Waals surface area contributed by atoms with Gasteiger partial charge in [0, 0.05) is 10.8 Å². The van der Waals surface area contributed by atoms with Gasteiger partial charge in [-0.2, -0.15) is 0 Å². The molecule has 0 saturated heterocycles. The van der Waals surface area contributed by atoms with E-state index in [9.17, 15) is 4.79 Å². The van der Waals surface area contributed by atoms with Gasteiger partial charge in [-0.05, 0) is 23.2 Å². The molecular formula is C11H13N3O3. The molecule has 0 aliphatic rings. The molecule has 0 fully saturated rings. The molecule has 1 aromatic carbocycles. The van der Waals surface area contributed by atoms with Gasteiger partial charge in [-0.1, -0.05) is 24.2 Å². The molecule has 0 bridgehead atoms. The molecule has 6 nitrogen and oxygen atoms in total. The molecule has 0 saturated carbocycles. The van der Waals surface area contributed by atoms with Crippen LogP contribution in [0.1, 0.15) is 18.4 Å². The van der Waals surface area contributed by atoms with Gasteiger partial charge in [-0.3, -0.25) is 4.79 Å². The van der Waals surface area contributed by atoms with Gasteiger partial charge in [-0.25, -0.2) is 0 Å². The normalized spacial score (nSPS) is 13.3. The van der Waals surface area contributed by atoms with Crippen molar-refractivity contribution in [2.24, 2.45) is 5.11 Å². The summed E-state index contributed by atoms with van der Waals surface area (Å²) in [6.07, 6.45) is 0. The van der Waals surface area contributed by atoms with Crippen LogP contribution in [0.25, 0.3) is 10.4 Å². The molecule has 6 heteroatoms. The van der Waals surface area contributed by atoms with Gasteiger partial charge in [0.25, 0.3) is 0 Å². The number of hydrogen-bond acceptors (Lipinski definition) is 3. The van der Waals surface area contributed by atoms with E-state index in [1.807, 2.05) is 0 Å². The predicted molar refractivity (Wildman–Crippen MR) is 62.0 cm³/mol. The lowest BCUT2D eigenvalue weighted by Gasteiger charge is -2.16. The summed E-state index contributed by atoms with van der Waals surface area (Å²) >= 11 is 0. The second-order valence-electron chi connectivity index (χ2n) is 3.55. The Morgan fingerprint density at radius 1 is 1.47 bits per heavy atom. The minimum atomic E-state index is -1.13. The molecule has 0 unspecified atom stereocenters. The molecule has 1 aromatic rings. The number of hydrogen-bond donors (Lipinski definition) is 1. The number of carboxylic acid groups (broad SMARTS) is 1. The predicted octanol–water partition coefficient (Wildman–Crippen LogP) is 2.56. The molecular weight excluding hydrogens is 222 g/mol. The molecule has 90 valence electrons. The van der Waals surface area contributed by atoms with Crippen molar-refractivity contribution >= 4 is 5.97 Å². The highest BCUT2D eigenvalue weighted by molar-refractivity contribution is 5.75. The van der Waals surface area contributed by atoms with E-state index in [4.69, 9.17) is 15.4 Å². The van der Waals surface area contributed by atoms with Crippen LogP contribution >= 0.6 is 0 Å². The summed E-state index contributed by atoms with van der Waals surface area (Å²) in [6.45, 7) is 1.70. The fourth-order valence-corrected chi connectivity index (χ4v) is 1.51. The summed E-state index contributed by atoms with van der Waals surface area (Å²) < 4.78 is 5.01.